The molecule has 0 aromatic heterocycles. The van der Waals surface area contributed by atoms with E-state index in [0.717, 1.165) is 5.56 Å². The monoisotopic (exact) mass is 402 g/mol. The fraction of sp³-hybridized carbons (Fsp3) is 0.200. The SMILES string of the molecule is CC1(c2ccc(F)cc2)C=NC(c2ccccc2O)N(CCc2ccccc2)C1=O. The van der Waals surface area contributed by atoms with Gasteiger partial charge in [0.1, 0.15) is 17.0 Å². The fourth-order valence-electron chi connectivity index (χ4n) is 3.83. The molecule has 4 rings (SSSR count). The molecule has 0 saturated carbocycles. The van der Waals surface area contributed by atoms with E-state index in [1.807, 2.05) is 36.4 Å². The normalized spacial score (nSPS) is 21.1. The zero-order valence-electron chi connectivity index (χ0n) is 16.7. The molecule has 152 valence electrons. The average Bonchev–Trinajstić information content (AvgIpc) is 2.76. The number of phenols is 1. The molecule has 1 N–H and O–H groups in total. The highest BCUT2D eigenvalue weighted by Gasteiger charge is 2.43. The van der Waals surface area contributed by atoms with Gasteiger partial charge in [-0.2, -0.15) is 0 Å². The second kappa shape index (κ2) is 8.11. The van der Waals surface area contributed by atoms with Crippen molar-refractivity contribution < 1.29 is 14.3 Å². The molecule has 5 heteroatoms. The third-order valence-corrected chi connectivity index (χ3v) is 5.62. The topological polar surface area (TPSA) is 52.9 Å². The molecule has 30 heavy (non-hydrogen) atoms. The number of halogens is 1. The summed E-state index contributed by atoms with van der Waals surface area (Å²) in [7, 11) is 0. The van der Waals surface area contributed by atoms with Crippen molar-refractivity contribution in [1.29, 1.82) is 0 Å². The minimum atomic E-state index is -1.01. The maximum Gasteiger partial charge on any atom is 0.240 e. The van der Waals surface area contributed by atoms with Gasteiger partial charge in [0.2, 0.25) is 5.91 Å². The van der Waals surface area contributed by atoms with E-state index < -0.39 is 11.6 Å². The summed E-state index contributed by atoms with van der Waals surface area (Å²) in [5.41, 5.74) is 1.36. The molecule has 1 aliphatic heterocycles. The van der Waals surface area contributed by atoms with Gasteiger partial charge in [-0.25, -0.2) is 4.39 Å². The molecule has 1 amide bonds. The Hall–Kier alpha value is -3.47. The first-order valence-corrected chi connectivity index (χ1v) is 9.92. The lowest BCUT2D eigenvalue weighted by Crippen LogP contribution is -2.51. The van der Waals surface area contributed by atoms with Crippen LogP contribution in [0.2, 0.25) is 0 Å². The minimum Gasteiger partial charge on any atom is -0.508 e. The Morgan fingerprint density at radius 3 is 2.37 bits per heavy atom. The number of phenolic OH excluding ortho intramolecular Hbond substituents is 1. The maximum atomic E-state index is 13.7. The summed E-state index contributed by atoms with van der Waals surface area (Å²) in [5, 5.41) is 10.4. The van der Waals surface area contributed by atoms with Gasteiger partial charge in [0.05, 0.1) is 0 Å². The number of aromatic hydroxyl groups is 1. The molecule has 4 nitrogen and oxygen atoms in total. The van der Waals surface area contributed by atoms with E-state index >= 15 is 0 Å². The molecule has 2 atom stereocenters. The van der Waals surface area contributed by atoms with Crippen LogP contribution in [-0.2, 0) is 16.6 Å². The smallest absolute Gasteiger partial charge is 0.240 e. The average molecular weight is 402 g/mol. The van der Waals surface area contributed by atoms with Gasteiger partial charge in [-0.3, -0.25) is 9.79 Å². The number of amides is 1. The van der Waals surface area contributed by atoms with Gasteiger partial charge >= 0.3 is 0 Å². The van der Waals surface area contributed by atoms with E-state index in [1.54, 1.807) is 48.4 Å². The van der Waals surface area contributed by atoms with E-state index in [2.05, 4.69) is 4.99 Å². The van der Waals surface area contributed by atoms with E-state index in [1.165, 1.54) is 12.1 Å². The summed E-state index contributed by atoms with van der Waals surface area (Å²) < 4.78 is 13.4. The molecule has 2 unspecified atom stereocenters. The Labute approximate surface area is 175 Å². The van der Waals surface area contributed by atoms with Crippen molar-refractivity contribution in [3.05, 3.63) is 101 Å². The first-order valence-electron chi connectivity index (χ1n) is 9.92. The van der Waals surface area contributed by atoms with Crippen LogP contribution in [0.5, 0.6) is 5.75 Å². The maximum absolute atomic E-state index is 13.7. The van der Waals surface area contributed by atoms with Crippen molar-refractivity contribution in [2.45, 2.75) is 24.9 Å². The number of carbonyl (C=O) groups is 1. The number of para-hydroxylation sites is 1. The molecule has 0 spiro atoms. The summed E-state index contributed by atoms with van der Waals surface area (Å²) in [4.78, 5) is 20.1. The molecule has 0 radical (unpaired) electrons. The van der Waals surface area contributed by atoms with Crippen molar-refractivity contribution in [3.8, 4) is 5.75 Å². The van der Waals surface area contributed by atoms with Gasteiger partial charge in [-0.1, -0.05) is 60.7 Å². The number of aliphatic imine (C=N–C) groups is 1. The van der Waals surface area contributed by atoms with Crippen molar-refractivity contribution >= 4 is 12.1 Å². The zero-order chi connectivity index (χ0) is 21.1. The zero-order valence-corrected chi connectivity index (χ0v) is 16.7. The van der Waals surface area contributed by atoms with Crippen LogP contribution in [0, 0.1) is 5.82 Å². The number of benzene rings is 3. The molecular formula is C25H23FN2O2. The van der Waals surface area contributed by atoms with Crippen molar-refractivity contribution in [1.82, 2.24) is 4.90 Å². The van der Waals surface area contributed by atoms with Crippen LogP contribution < -0.4 is 0 Å². The fourth-order valence-corrected chi connectivity index (χ4v) is 3.83. The Balaban J connectivity index is 1.72. The second-order valence-corrected chi connectivity index (χ2v) is 7.65. The third-order valence-electron chi connectivity index (χ3n) is 5.62. The lowest BCUT2D eigenvalue weighted by atomic mass is 9.80. The lowest BCUT2D eigenvalue weighted by molar-refractivity contribution is -0.137. The number of rotatable bonds is 5. The predicted octanol–water partition coefficient (Wildman–Crippen LogP) is 4.64. The first kappa shape index (κ1) is 19.8. The van der Waals surface area contributed by atoms with Gasteiger partial charge in [0.25, 0.3) is 0 Å². The summed E-state index contributed by atoms with van der Waals surface area (Å²) in [6, 6.07) is 22.8. The van der Waals surface area contributed by atoms with Crippen LogP contribution in [0.3, 0.4) is 0 Å². The number of hydrogen-bond acceptors (Lipinski definition) is 3. The highest BCUT2D eigenvalue weighted by molar-refractivity contribution is 6.05. The summed E-state index contributed by atoms with van der Waals surface area (Å²) in [5.74, 6) is -0.383. The quantitative estimate of drug-likeness (QED) is 0.676. The second-order valence-electron chi connectivity index (χ2n) is 7.65. The van der Waals surface area contributed by atoms with E-state index in [0.29, 0.717) is 24.1 Å². The number of carbonyl (C=O) groups excluding carboxylic acids is 1. The Morgan fingerprint density at radius 1 is 1.00 bits per heavy atom. The van der Waals surface area contributed by atoms with Crippen molar-refractivity contribution in [2.75, 3.05) is 6.54 Å². The predicted molar refractivity (Wildman–Crippen MR) is 115 cm³/mol. The lowest BCUT2D eigenvalue weighted by Gasteiger charge is -2.40. The number of nitrogens with zero attached hydrogens (tertiary/aromatic N) is 2. The Bertz CT molecular complexity index is 1070. The van der Waals surface area contributed by atoms with Gasteiger partial charge in [0.15, 0.2) is 6.17 Å². The van der Waals surface area contributed by atoms with Crippen LogP contribution in [0.4, 0.5) is 4.39 Å². The van der Waals surface area contributed by atoms with Gasteiger partial charge in [-0.15, -0.1) is 0 Å². The Kier molecular flexibility index (Phi) is 5.36. The van der Waals surface area contributed by atoms with Gasteiger partial charge < -0.3 is 10.0 Å². The van der Waals surface area contributed by atoms with Crippen molar-refractivity contribution in [3.63, 3.8) is 0 Å². The van der Waals surface area contributed by atoms with Gasteiger partial charge in [-0.05, 0) is 42.7 Å². The molecule has 3 aromatic carbocycles. The van der Waals surface area contributed by atoms with E-state index in [-0.39, 0.29) is 17.5 Å². The van der Waals surface area contributed by atoms with Crippen LogP contribution in [-0.4, -0.2) is 28.7 Å². The summed E-state index contributed by atoms with van der Waals surface area (Å²) >= 11 is 0. The third kappa shape index (κ3) is 3.71. The van der Waals surface area contributed by atoms with Crippen molar-refractivity contribution in [2.24, 2.45) is 4.99 Å². The molecular weight excluding hydrogens is 379 g/mol. The molecule has 3 aromatic rings. The summed E-state index contributed by atoms with van der Waals surface area (Å²) in [6.45, 7) is 2.23. The highest BCUT2D eigenvalue weighted by atomic mass is 19.1. The van der Waals surface area contributed by atoms with E-state index in [4.69, 9.17) is 0 Å². The van der Waals surface area contributed by atoms with E-state index in [9.17, 15) is 14.3 Å². The minimum absolute atomic E-state index is 0.0996. The van der Waals surface area contributed by atoms with Gasteiger partial charge in [0, 0.05) is 18.3 Å². The molecule has 0 fully saturated rings. The molecule has 0 aliphatic carbocycles. The number of hydrogen-bond donors (Lipinski definition) is 1. The first-order chi connectivity index (χ1) is 14.5. The molecule has 1 heterocycles. The van der Waals surface area contributed by atoms with Crippen LogP contribution in [0.1, 0.15) is 29.8 Å². The van der Waals surface area contributed by atoms with Crippen LogP contribution >= 0.6 is 0 Å². The highest BCUT2D eigenvalue weighted by Crippen LogP contribution is 2.37. The van der Waals surface area contributed by atoms with Crippen LogP contribution in [0.15, 0.2) is 83.9 Å². The molecule has 0 bridgehead atoms. The molecule has 1 aliphatic rings. The standard InChI is InChI=1S/C25H23FN2O2/c1-25(19-11-13-20(26)14-12-19)17-27-23(21-9-5-6-10-22(21)29)28(24(25)30)16-15-18-7-3-2-4-8-18/h2-14,17,23,29H,15-16H2,1H3. The molecule has 0 saturated heterocycles. The summed E-state index contributed by atoms with van der Waals surface area (Å²) in [6.07, 6.45) is 1.67. The largest absolute Gasteiger partial charge is 0.508 e. The Morgan fingerprint density at radius 2 is 1.67 bits per heavy atom. The van der Waals surface area contributed by atoms with Crippen LogP contribution in [0.25, 0.3) is 0 Å².